The number of aromatic amines is 1. The molecule has 6 nitrogen and oxygen atoms in total. The van der Waals surface area contributed by atoms with Gasteiger partial charge >= 0.3 is 0 Å². The molecule has 0 radical (unpaired) electrons. The van der Waals surface area contributed by atoms with E-state index in [0.717, 1.165) is 14.9 Å². The summed E-state index contributed by atoms with van der Waals surface area (Å²) >= 11 is 9.12. The van der Waals surface area contributed by atoms with Crippen LogP contribution >= 0.6 is 34.7 Å². The minimum absolute atomic E-state index is 0.0225. The molecule has 2 aromatic heterocycles. The number of fused-ring (bicyclic) bond motifs is 1. The first-order valence-corrected chi connectivity index (χ1v) is 10.8. The first kappa shape index (κ1) is 19.9. The van der Waals surface area contributed by atoms with Crippen molar-refractivity contribution in [3.05, 3.63) is 50.0 Å². The number of aryl methyl sites for hydroxylation is 1. The Morgan fingerprint density at radius 3 is 2.81 bits per heavy atom. The number of hydrogen-bond donors (Lipinski definition) is 1. The first-order valence-electron chi connectivity index (χ1n) is 8.37. The summed E-state index contributed by atoms with van der Waals surface area (Å²) in [5.74, 6) is 0.418. The van der Waals surface area contributed by atoms with Gasteiger partial charge in [0.15, 0.2) is 0 Å². The van der Waals surface area contributed by atoms with Crippen LogP contribution in [-0.2, 0) is 17.8 Å². The monoisotopic (exact) mass is 422 g/mol. The Morgan fingerprint density at radius 1 is 1.37 bits per heavy atom. The molecule has 0 unspecified atom stereocenters. The van der Waals surface area contributed by atoms with Crippen LogP contribution in [0.4, 0.5) is 0 Å². The van der Waals surface area contributed by atoms with Crippen molar-refractivity contribution in [3.8, 4) is 0 Å². The Bertz CT molecular complexity index is 1050. The van der Waals surface area contributed by atoms with Gasteiger partial charge in [-0.3, -0.25) is 9.59 Å². The van der Waals surface area contributed by atoms with Crippen LogP contribution in [0.1, 0.15) is 23.3 Å². The number of hydrogen-bond acceptors (Lipinski definition) is 6. The third kappa shape index (κ3) is 4.51. The molecule has 1 amide bonds. The van der Waals surface area contributed by atoms with Crippen LogP contribution in [-0.4, -0.2) is 38.6 Å². The van der Waals surface area contributed by atoms with Gasteiger partial charge in [-0.1, -0.05) is 23.4 Å². The van der Waals surface area contributed by atoms with E-state index in [-0.39, 0.29) is 18.0 Å². The zero-order chi connectivity index (χ0) is 19.6. The van der Waals surface area contributed by atoms with Crippen molar-refractivity contribution < 1.29 is 4.79 Å². The molecule has 1 aromatic carbocycles. The molecule has 0 aliphatic carbocycles. The number of likely N-dealkylation sites (N-methyl/N-ethyl adjacent to an activating group) is 1. The maximum Gasteiger partial charge on any atom is 0.258 e. The van der Waals surface area contributed by atoms with Crippen LogP contribution in [0.2, 0.25) is 5.02 Å². The summed E-state index contributed by atoms with van der Waals surface area (Å²) in [7, 11) is 0. The molecule has 1 N–H and O–H groups in total. The van der Waals surface area contributed by atoms with Crippen molar-refractivity contribution >= 4 is 51.5 Å². The van der Waals surface area contributed by atoms with Crippen molar-refractivity contribution in [1.82, 2.24) is 19.9 Å². The molecule has 0 aliphatic heterocycles. The lowest BCUT2D eigenvalue weighted by molar-refractivity contribution is -0.130. The molecule has 3 rings (SSSR count). The Kier molecular flexibility index (Phi) is 6.18. The molecule has 0 saturated heterocycles. The SMILES string of the molecule is CCN(Cc1nc2cc(Cl)ccc2c(=O)[nH]1)C(=O)Cc1sc(SC)nc1C. The van der Waals surface area contributed by atoms with E-state index >= 15 is 0 Å². The molecule has 0 saturated carbocycles. The third-order valence-corrected chi connectivity index (χ3v) is 6.53. The summed E-state index contributed by atoms with van der Waals surface area (Å²) in [5.41, 5.74) is 1.17. The van der Waals surface area contributed by atoms with Gasteiger partial charge in [0.25, 0.3) is 5.56 Å². The van der Waals surface area contributed by atoms with E-state index in [1.54, 1.807) is 46.2 Å². The van der Waals surface area contributed by atoms with Crippen molar-refractivity contribution in [3.63, 3.8) is 0 Å². The highest BCUT2D eigenvalue weighted by Gasteiger charge is 2.18. The highest BCUT2D eigenvalue weighted by Crippen LogP contribution is 2.26. The summed E-state index contributed by atoms with van der Waals surface area (Å²) < 4.78 is 0.954. The first-order chi connectivity index (χ1) is 12.9. The molecule has 0 bridgehead atoms. The minimum atomic E-state index is -0.238. The maximum atomic E-state index is 12.8. The number of thioether (sulfide) groups is 1. The van der Waals surface area contributed by atoms with Crippen LogP contribution in [0.5, 0.6) is 0 Å². The van der Waals surface area contributed by atoms with Gasteiger partial charge in [-0.05, 0) is 38.3 Å². The summed E-state index contributed by atoms with van der Waals surface area (Å²) in [6, 6.07) is 4.95. The van der Waals surface area contributed by atoms with Gasteiger partial charge in [-0.15, -0.1) is 11.3 Å². The van der Waals surface area contributed by atoms with Crippen molar-refractivity contribution in [2.75, 3.05) is 12.8 Å². The van der Waals surface area contributed by atoms with E-state index in [2.05, 4.69) is 15.0 Å². The third-order valence-electron chi connectivity index (χ3n) is 4.15. The molecule has 0 fully saturated rings. The van der Waals surface area contributed by atoms with Crippen molar-refractivity contribution in [1.29, 1.82) is 0 Å². The summed E-state index contributed by atoms with van der Waals surface area (Å²) in [6.45, 7) is 4.58. The molecule has 3 aromatic rings. The number of carbonyl (C=O) groups excluding carboxylic acids is 1. The van der Waals surface area contributed by atoms with Gasteiger partial charge in [0.1, 0.15) is 10.2 Å². The van der Waals surface area contributed by atoms with Gasteiger partial charge in [0.05, 0.1) is 29.6 Å². The molecule has 27 heavy (non-hydrogen) atoms. The number of thiazole rings is 1. The van der Waals surface area contributed by atoms with Crippen LogP contribution < -0.4 is 5.56 Å². The number of carbonyl (C=O) groups is 1. The van der Waals surface area contributed by atoms with E-state index in [9.17, 15) is 9.59 Å². The highest BCUT2D eigenvalue weighted by molar-refractivity contribution is 8.00. The quantitative estimate of drug-likeness (QED) is 0.613. The molecular weight excluding hydrogens is 404 g/mol. The number of benzene rings is 1. The molecule has 142 valence electrons. The summed E-state index contributed by atoms with van der Waals surface area (Å²) in [5, 5.41) is 0.989. The fraction of sp³-hybridized carbons (Fsp3) is 0.333. The maximum absolute atomic E-state index is 12.8. The normalized spacial score (nSPS) is 11.1. The van der Waals surface area contributed by atoms with Gasteiger partial charge in [-0.2, -0.15) is 0 Å². The van der Waals surface area contributed by atoms with E-state index in [0.29, 0.717) is 34.7 Å². The van der Waals surface area contributed by atoms with Crippen LogP contribution in [0, 0.1) is 6.92 Å². The topological polar surface area (TPSA) is 79.0 Å². The zero-order valence-electron chi connectivity index (χ0n) is 15.2. The van der Waals surface area contributed by atoms with E-state index in [1.165, 1.54) is 0 Å². The smallest absolute Gasteiger partial charge is 0.258 e. The number of nitrogens with one attached hydrogen (secondary N) is 1. The second-order valence-electron chi connectivity index (χ2n) is 5.95. The molecule has 0 atom stereocenters. The molecule has 0 aliphatic rings. The lowest BCUT2D eigenvalue weighted by Crippen LogP contribution is -2.33. The van der Waals surface area contributed by atoms with Gasteiger partial charge in [-0.25, -0.2) is 9.97 Å². The molecule has 2 heterocycles. The average molecular weight is 423 g/mol. The minimum Gasteiger partial charge on any atom is -0.335 e. The largest absolute Gasteiger partial charge is 0.335 e. The van der Waals surface area contributed by atoms with Crippen LogP contribution in [0.25, 0.3) is 10.9 Å². The molecule has 0 spiro atoms. The highest BCUT2D eigenvalue weighted by atomic mass is 35.5. The Balaban J connectivity index is 1.81. The number of rotatable bonds is 6. The number of aromatic nitrogens is 3. The number of H-pyrrole nitrogens is 1. The van der Waals surface area contributed by atoms with Gasteiger partial charge < -0.3 is 9.88 Å². The molecule has 9 heteroatoms. The van der Waals surface area contributed by atoms with Crippen LogP contribution in [0.15, 0.2) is 27.3 Å². The van der Waals surface area contributed by atoms with Gasteiger partial charge in [0.2, 0.25) is 5.91 Å². The number of nitrogens with zero attached hydrogens (tertiary/aromatic N) is 3. The summed E-state index contributed by atoms with van der Waals surface area (Å²) in [4.78, 5) is 39.3. The second kappa shape index (κ2) is 8.41. The fourth-order valence-corrected chi connectivity index (χ4v) is 4.51. The number of halogens is 1. The average Bonchev–Trinajstić information content (AvgIpc) is 2.99. The Hall–Kier alpha value is -1.90. The number of amides is 1. The fourth-order valence-electron chi connectivity index (χ4n) is 2.69. The van der Waals surface area contributed by atoms with E-state index < -0.39 is 0 Å². The summed E-state index contributed by atoms with van der Waals surface area (Å²) in [6.07, 6.45) is 2.26. The van der Waals surface area contributed by atoms with Crippen LogP contribution in [0.3, 0.4) is 0 Å². The predicted molar refractivity (Wildman–Crippen MR) is 111 cm³/mol. The standard InChI is InChI=1S/C18H19ClN4O2S2/c1-4-23(16(24)8-14-10(2)20-18(26-3)27-14)9-15-21-13-7-11(19)5-6-12(13)17(25)22-15/h5-7H,4,8-9H2,1-3H3,(H,21,22,25). The predicted octanol–water partition coefficient (Wildman–Crippen LogP) is 3.65. The van der Waals surface area contributed by atoms with E-state index in [4.69, 9.17) is 11.6 Å². The lowest BCUT2D eigenvalue weighted by Gasteiger charge is -2.20. The second-order valence-corrected chi connectivity index (χ2v) is 8.52. The van der Waals surface area contributed by atoms with Crippen molar-refractivity contribution in [2.45, 2.75) is 31.2 Å². The zero-order valence-corrected chi connectivity index (χ0v) is 17.6. The van der Waals surface area contributed by atoms with E-state index in [1.807, 2.05) is 20.1 Å². The Labute approximate surface area is 170 Å². The molecular formula is C18H19ClN4O2S2. The lowest BCUT2D eigenvalue weighted by atomic mass is 10.2. The Morgan fingerprint density at radius 2 is 2.15 bits per heavy atom. The van der Waals surface area contributed by atoms with Gasteiger partial charge in [0, 0.05) is 16.4 Å². The van der Waals surface area contributed by atoms with Crippen molar-refractivity contribution in [2.24, 2.45) is 0 Å².